The Morgan fingerprint density at radius 2 is 2.33 bits per heavy atom. The van der Waals surface area contributed by atoms with Crippen LogP contribution in [0.5, 0.6) is 5.75 Å². The number of benzene rings is 1. The summed E-state index contributed by atoms with van der Waals surface area (Å²) in [7, 11) is 0. The van der Waals surface area contributed by atoms with E-state index in [1.807, 2.05) is 24.3 Å². The Hall–Kier alpha value is -0.980. The molecule has 1 radical (unpaired) electrons. The summed E-state index contributed by atoms with van der Waals surface area (Å²) in [5, 5.41) is 0. The molecule has 1 unspecified atom stereocenters. The molecule has 0 heterocycles. The van der Waals surface area contributed by atoms with Gasteiger partial charge in [0.05, 0.1) is 6.10 Å². The van der Waals surface area contributed by atoms with Gasteiger partial charge in [-0.2, -0.15) is 0 Å². The van der Waals surface area contributed by atoms with Crippen molar-refractivity contribution in [3.05, 3.63) is 30.3 Å². The normalized spacial score (nSPS) is 18.8. The fourth-order valence-corrected chi connectivity index (χ4v) is 1.31. The smallest absolute Gasteiger partial charge is 0.127 e. The van der Waals surface area contributed by atoms with Crippen LogP contribution < -0.4 is 4.74 Å². The lowest BCUT2D eigenvalue weighted by Crippen LogP contribution is -2.13. The molecular formula is C11H13O. The van der Waals surface area contributed by atoms with Crippen molar-refractivity contribution in [2.75, 3.05) is 0 Å². The average Bonchev–Trinajstić information content (AvgIpc) is 2.88. The third-order valence-electron chi connectivity index (χ3n) is 2.28. The van der Waals surface area contributed by atoms with Crippen LogP contribution in [0.15, 0.2) is 24.3 Å². The summed E-state index contributed by atoms with van der Waals surface area (Å²) < 4.78 is 5.68. The van der Waals surface area contributed by atoms with E-state index in [0.29, 0.717) is 6.10 Å². The minimum Gasteiger partial charge on any atom is -0.490 e. The zero-order valence-electron chi connectivity index (χ0n) is 7.29. The van der Waals surface area contributed by atoms with Crippen molar-refractivity contribution in [2.24, 2.45) is 5.92 Å². The first-order valence-corrected chi connectivity index (χ1v) is 4.49. The van der Waals surface area contributed by atoms with Crippen LogP contribution in [0.1, 0.15) is 19.8 Å². The minimum absolute atomic E-state index is 0.364. The summed E-state index contributed by atoms with van der Waals surface area (Å²) >= 11 is 0. The van der Waals surface area contributed by atoms with E-state index >= 15 is 0 Å². The van der Waals surface area contributed by atoms with E-state index in [0.717, 1.165) is 11.7 Å². The molecule has 0 amide bonds. The molecule has 0 N–H and O–H groups in total. The number of para-hydroxylation sites is 1. The zero-order chi connectivity index (χ0) is 8.39. The fourth-order valence-electron chi connectivity index (χ4n) is 1.31. The van der Waals surface area contributed by atoms with Gasteiger partial charge in [-0.1, -0.05) is 18.2 Å². The van der Waals surface area contributed by atoms with Gasteiger partial charge >= 0.3 is 0 Å². The van der Waals surface area contributed by atoms with Crippen molar-refractivity contribution in [3.8, 4) is 5.75 Å². The van der Waals surface area contributed by atoms with Gasteiger partial charge in [0, 0.05) is 6.07 Å². The Balaban J connectivity index is 1.94. The summed E-state index contributed by atoms with van der Waals surface area (Å²) in [5.41, 5.74) is 0. The van der Waals surface area contributed by atoms with Crippen molar-refractivity contribution in [3.63, 3.8) is 0 Å². The highest BCUT2D eigenvalue weighted by molar-refractivity contribution is 5.19. The first kappa shape index (κ1) is 7.66. The van der Waals surface area contributed by atoms with Crippen molar-refractivity contribution >= 4 is 0 Å². The molecule has 1 fully saturated rings. The monoisotopic (exact) mass is 161 g/mol. The molecule has 1 atom stereocenters. The van der Waals surface area contributed by atoms with Crippen LogP contribution in [0, 0.1) is 12.0 Å². The molecule has 12 heavy (non-hydrogen) atoms. The lowest BCUT2D eigenvalue weighted by molar-refractivity contribution is 0.197. The van der Waals surface area contributed by atoms with E-state index in [-0.39, 0.29) is 0 Å². The molecular weight excluding hydrogens is 148 g/mol. The van der Waals surface area contributed by atoms with Crippen LogP contribution >= 0.6 is 0 Å². The molecule has 0 spiro atoms. The van der Waals surface area contributed by atoms with E-state index in [1.54, 1.807) is 0 Å². The molecule has 63 valence electrons. The first-order valence-electron chi connectivity index (χ1n) is 4.49. The van der Waals surface area contributed by atoms with Crippen LogP contribution in [0.4, 0.5) is 0 Å². The minimum atomic E-state index is 0.364. The third kappa shape index (κ3) is 1.79. The maximum Gasteiger partial charge on any atom is 0.127 e. The quantitative estimate of drug-likeness (QED) is 0.662. The fraction of sp³-hybridized carbons (Fsp3) is 0.455. The maximum atomic E-state index is 5.68. The SMILES string of the molecule is CC(Oc1[c]cccc1)C1CC1. The van der Waals surface area contributed by atoms with Crippen LogP contribution in [-0.4, -0.2) is 6.10 Å². The first-order chi connectivity index (χ1) is 5.86. The van der Waals surface area contributed by atoms with Gasteiger partial charge < -0.3 is 4.74 Å². The molecule has 2 rings (SSSR count). The predicted octanol–water partition coefficient (Wildman–Crippen LogP) is 2.66. The highest BCUT2D eigenvalue weighted by atomic mass is 16.5. The molecule has 1 aromatic rings. The summed E-state index contributed by atoms with van der Waals surface area (Å²) in [6, 6.07) is 10.8. The van der Waals surface area contributed by atoms with Gasteiger partial charge in [0.25, 0.3) is 0 Å². The molecule has 0 aliphatic heterocycles. The number of ether oxygens (including phenoxy) is 1. The Kier molecular flexibility index (Phi) is 2.03. The average molecular weight is 161 g/mol. The molecule has 0 saturated heterocycles. The molecule has 0 aromatic heterocycles. The third-order valence-corrected chi connectivity index (χ3v) is 2.28. The second-order valence-corrected chi connectivity index (χ2v) is 3.39. The van der Waals surface area contributed by atoms with E-state index in [1.165, 1.54) is 12.8 Å². The van der Waals surface area contributed by atoms with E-state index in [9.17, 15) is 0 Å². The Morgan fingerprint density at radius 1 is 1.50 bits per heavy atom. The lowest BCUT2D eigenvalue weighted by Gasteiger charge is -2.12. The van der Waals surface area contributed by atoms with Gasteiger partial charge in [-0.3, -0.25) is 0 Å². The highest BCUT2D eigenvalue weighted by Crippen LogP contribution is 2.34. The van der Waals surface area contributed by atoms with Crippen molar-refractivity contribution in [1.29, 1.82) is 0 Å². The van der Waals surface area contributed by atoms with Gasteiger partial charge in [-0.05, 0) is 31.7 Å². The molecule has 1 saturated carbocycles. The highest BCUT2D eigenvalue weighted by Gasteiger charge is 2.29. The maximum absolute atomic E-state index is 5.68. The molecule has 0 bridgehead atoms. The van der Waals surface area contributed by atoms with Crippen LogP contribution in [-0.2, 0) is 0 Å². The zero-order valence-corrected chi connectivity index (χ0v) is 7.29. The predicted molar refractivity (Wildman–Crippen MR) is 48.1 cm³/mol. The second-order valence-electron chi connectivity index (χ2n) is 3.39. The Morgan fingerprint density at radius 3 is 2.92 bits per heavy atom. The summed E-state index contributed by atoms with van der Waals surface area (Å²) in [4.78, 5) is 0. The summed E-state index contributed by atoms with van der Waals surface area (Å²) in [6.45, 7) is 2.14. The van der Waals surface area contributed by atoms with Crippen molar-refractivity contribution in [1.82, 2.24) is 0 Å². The molecule has 1 aliphatic rings. The second kappa shape index (κ2) is 3.18. The number of hydrogen-bond donors (Lipinski definition) is 0. The van der Waals surface area contributed by atoms with Gasteiger partial charge in [0.2, 0.25) is 0 Å². The van der Waals surface area contributed by atoms with Crippen LogP contribution in [0.3, 0.4) is 0 Å². The summed E-state index contributed by atoms with van der Waals surface area (Å²) in [6.07, 6.45) is 3.02. The largest absolute Gasteiger partial charge is 0.490 e. The lowest BCUT2D eigenvalue weighted by atomic mass is 10.2. The topological polar surface area (TPSA) is 9.23 Å². The van der Waals surface area contributed by atoms with Gasteiger partial charge in [-0.15, -0.1) is 0 Å². The Labute approximate surface area is 73.4 Å². The molecule has 1 aliphatic carbocycles. The molecule has 1 aromatic carbocycles. The van der Waals surface area contributed by atoms with E-state index in [4.69, 9.17) is 4.74 Å². The van der Waals surface area contributed by atoms with Gasteiger partial charge in [0.1, 0.15) is 5.75 Å². The molecule has 1 nitrogen and oxygen atoms in total. The van der Waals surface area contributed by atoms with E-state index < -0.39 is 0 Å². The number of rotatable bonds is 3. The van der Waals surface area contributed by atoms with Gasteiger partial charge in [0.15, 0.2) is 0 Å². The van der Waals surface area contributed by atoms with Crippen LogP contribution in [0.25, 0.3) is 0 Å². The Bertz CT molecular complexity index is 238. The van der Waals surface area contributed by atoms with Crippen LogP contribution in [0.2, 0.25) is 0 Å². The standard InChI is InChI=1S/C11H13O/c1-9(10-7-8-10)12-11-5-3-2-4-6-11/h2-5,9-10H,7-8H2,1H3. The number of hydrogen-bond acceptors (Lipinski definition) is 1. The van der Waals surface area contributed by atoms with Crippen molar-refractivity contribution < 1.29 is 4.74 Å². The van der Waals surface area contributed by atoms with Gasteiger partial charge in [-0.25, -0.2) is 0 Å². The summed E-state index contributed by atoms with van der Waals surface area (Å²) in [5.74, 6) is 1.66. The van der Waals surface area contributed by atoms with Crippen molar-refractivity contribution in [2.45, 2.75) is 25.9 Å². The molecule has 1 heteroatoms. The van der Waals surface area contributed by atoms with E-state index in [2.05, 4.69) is 13.0 Å².